The van der Waals surface area contributed by atoms with Gasteiger partial charge in [0.25, 0.3) is 5.69 Å². The Kier molecular flexibility index (Phi) is 5.75. The number of nitro benzene ring substituents is 1. The number of nitrogens with zero attached hydrogens (tertiary/aromatic N) is 6. The van der Waals surface area contributed by atoms with Gasteiger partial charge in [0.05, 0.1) is 23.6 Å². The van der Waals surface area contributed by atoms with Crippen LogP contribution < -0.4 is 10.6 Å². The summed E-state index contributed by atoms with van der Waals surface area (Å²) in [5.41, 5.74) is 6.65. The second-order valence-corrected chi connectivity index (χ2v) is 5.74. The van der Waals surface area contributed by atoms with Crippen LogP contribution in [0.2, 0.25) is 0 Å². The van der Waals surface area contributed by atoms with Gasteiger partial charge >= 0.3 is 0 Å². The van der Waals surface area contributed by atoms with Crippen molar-refractivity contribution in [3.8, 4) is 12.1 Å². The van der Waals surface area contributed by atoms with Gasteiger partial charge in [0.15, 0.2) is 0 Å². The highest BCUT2D eigenvalue weighted by Gasteiger charge is 2.20. The SMILES string of the molecule is CN(C)c1ccc(C=C(C#N)c2nn(CCO)c(N)c2C#N)cc1[N+](=O)[O-]. The van der Waals surface area contributed by atoms with E-state index in [0.717, 1.165) is 0 Å². The Bertz CT molecular complexity index is 993. The summed E-state index contributed by atoms with van der Waals surface area (Å²) in [4.78, 5) is 12.4. The summed E-state index contributed by atoms with van der Waals surface area (Å²) in [6.45, 7) is -0.164. The molecule has 2 aromatic rings. The van der Waals surface area contributed by atoms with Crippen LogP contribution in [0.4, 0.5) is 17.2 Å². The molecule has 10 nitrogen and oxygen atoms in total. The standard InChI is InChI=1S/C17H17N7O3/c1-22(2)14-4-3-11(8-15(14)24(26)27)7-12(9-18)16-13(10-19)17(20)23(21-16)5-6-25/h3-4,7-8,25H,5-6,20H2,1-2H3. The third-order valence-corrected chi connectivity index (χ3v) is 3.78. The maximum absolute atomic E-state index is 11.3. The highest BCUT2D eigenvalue weighted by Crippen LogP contribution is 2.30. The van der Waals surface area contributed by atoms with Gasteiger partial charge in [-0.3, -0.25) is 10.1 Å². The van der Waals surface area contributed by atoms with Gasteiger partial charge in [0.2, 0.25) is 0 Å². The Balaban J connectivity index is 2.60. The van der Waals surface area contributed by atoms with Crippen molar-refractivity contribution in [1.29, 1.82) is 10.5 Å². The summed E-state index contributed by atoms with van der Waals surface area (Å²) in [6.07, 6.45) is 1.40. The van der Waals surface area contributed by atoms with Crippen LogP contribution in [0, 0.1) is 32.8 Å². The van der Waals surface area contributed by atoms with Crippen LogP contribution in [0.25, 0.3) is 11.6 Å². The maximum atomic E-state index is 11.3. The first-order valence-corrected chi connectivity index (χ1v) is 7.79. The smallest absolute Gasteiger partial charge is 0.293 e. The Hall–Kier alpha value is -3.89. The fraction of sp³-hybridized carbons (Fsp3) is 0.235. The van der Waals surface area contributed by atoms with Crippen LogP contribution in [0.3, 0.4) is 0 Å². The van der Waals surface area contributed by atoms with Gasteiger partial charge in [-0.2, -0.15) is 15.6 Å². The fourth-order valence-corrected chi connectivity index (χ4v) is 2.51. The van der Waals surface area contributed by atoms with Crippen molar-refractivity contribution >= 4 is 28.8 Å². The highest BCUT2D eigenvalue weighted by molar-refractivity contribution is 5.91. The molecular weight excluding hydrogens is 350 g/mol. The Morgan fingerprint density at radius 3 is 2.70 bits per heavy atom. The summed E-state index contributed by atoms with van der Waals surface area (Å²) < 4.78 is 1.23. The monoisotopic (exact) mass is 367 g/mol. The zero-order valence-corrected chi connectivity index (χ0v) is 14.7. The average Bonchev–Trinajstić information content (AvgIpc) is 2.95. The minimum Gasteiger partial charge on any atom is -0.394 e. The number of aliphatic hydroxyl groups excluding tert-OH is 1. The van der Waals surface area contributed by atoms with Gasteiger partial charge in [0, 0.05) is 20.2 Å². The van der Waals surface area contributed by atoms with Crippen LogP contribution in [0.5, 0.6) is 0 Å². The van der Waals surface area contributed by atoms with Gasteiger partial charge < -0.3 is 15.7 Å². The highest BCUT2D eigenvalue weighted by atomic mass is 16.6. The number of rotatable bonds is 6. The molecule has 0 bridgehead atoms. The molecule has 0 aliphatic rings. The lowest BCUT2D eigenvalue weighted by Crippen LogP contribution is -2.11. The zero-order chi connectivity index (χ0) is 20.1. The predicted octanol–water partition coefficient (Wildman–Crippen LogP) is 1.37. The molecule has 2 rings (SSSR count). The maximum Gasteiger partial charge on any atom is 0.293 e. The van der Waals surface area contributed by atoms with E-state index < -0.39 is 4.92 Å². The van der Waals surface area contributed by atoms with Crippen molar-refractivity contribution in [1.82, 2.24) is 9.78 Å². The molecule has 0 amide bonds. The summed E-state index contributed by atoms with van der Waals surface area (Å²) in [6, 6.07) is 8.38. The number of nitrogens with two attached hydrogens (primary N) is 1. The van der Waals surface area contributed by atoms with E-state index in [9.17, 15) is 20.6 Å². The van der Waals surface area contributed by atoms with Crippen molar-refractivity contribution in [3.63, 3.8) is 0 Å². The Morgan fingerprint density at radius 1 is 1.48 bits per heavy atom. The summed E-state index contributed by atoms with van der Waals surface area (Å²) in [7, 11) is 3.38. The number of allylic oxidation sites excluding steroid dienone is 1. The molecule has 0 spiro atoms. The van der Waals surface area contributed by atoms with E-state index in [4.69, 9.17) is 10.8 Å². The summed E-state index contributed by atoms with van der Waals surface area (Å²) in [5, 5.41) is 43.3. The third-order valence-electron chi connectivity index (χ3n) is 3.78. The second kappa shape index (κ2) is 7.99. The van der Waals surface area contributed by atoms with Gasteiger partial charge in [0.1, 0.15) is 34.9 Å². The lowest BCUT2D eigenvalue weighted by molar-refractivity contribution is -0.384. The molecule has 0 saturated carbocycles. The quantitative estimate of drug-likeness (QED) is 0.440. The zero-order valence-electron chi connectivity index (χ0n) is 14.7. The van der Waals surface area contributed by atoms with Crippen LogP contribution in [0.15, 0.2) is 18.2 Å². The van der Waals surface area contributed by atoms with E-state index in [0.29, 0.717) is 11.3 Å². The number of nitriles is 2. The minimum absolute atomic E-state index is 0.00987. The first-order chi connectivity index (χ1) is 12.8. The molecule has 1 aromatic carbocycles. The summed E-state index contributed by atoms with van der Waals surface area (Å²) in [5.74, 6) is 0.0386. The number of aromatic nitrogens is 2. The van der Waals surface area contributed by atoms with Crippen molar-refractivity contribution in [2.75, 3.05) is 31.3 Å². The second-order valence-electron chi connectivity index (χ2n) is 5.74. The first kappa shape index (κ1) is 19.4. The van der Waals surface area contributed by atoms with Crippen molar-refractivity contribution in [3.05, 3.63) is 45.1 Å². The number of aliphatic hydroxyl groups is 1. The normalized spacial score (nSPS) is 10.9. The number of hydrogen-bond acceptors (Lipinski definition) is 8. The van der Waals surface area contributed by atoms with Crippen LogP contribution >= 0.6 is 0 Å². The molecule has 0 saturated heterocycles. The van der Waals surface area contributed by atoms with Gasteiger partial charge in [-0.05, 0) is 17.7 Å². The first-order valence-electron chi connectivity index (χ1n) is 7.79. The van der Waals surface area contributed by atoms with Gasteiger partial charge in [-0.15, -0.1) is 0 Å². The van der Waals surface area contributed by atoms with E-state index >= 15 is 0 Å². The van der Waals surface area contributed by atoms with Crippen molar-refractivity contribution in [2.24, 2.45) is 0 Å². The largest absolute Gasteiger partial charge is 0.394 e. The minimum atomic E-state index is -0.507. The molecule has 0 radical (unpaired) electrons. The molecule has 27 heavy (non-hydrogen) atoms. The Labute approximate surface area is 155 Å². The van der Waals surface area contributed by atoms with Crippen LogP contribution in [-0.2, 0) is 6.54 Å². The number of anilines is 2. The predicted molar refractivity (Wildman–Crippen MR) is 99.3 cm³/mol. The molecule has 1 aromatic heterocycles. The molecule has 0 fully saturated rings. The fourth-order valence-electron chi connectivity index (χ4n) is 2.51. The number of hydrogen-bond donors (Lipinski definition) is 2. The molecule has 0 aliphatic carbocycles. The van der Waals surface area contributed by atoms with E-state index in [1.165, 1.54) is 16.8 Å². The topological polar surface area (TPSA) is 158 Å². The molecule has 138 valence electrons. The van der Waals surface area contributed by atoms with E-state index in [1.54, 1.807) is 31.1 Å². The van der Waals surface area contributed by atoms with Crippen LogP contribution in [-0.4, -0.2) is 40.5 Å². The van der Waals surface area contributed by atoms with Crippen molar-refractivity contribution < 1.29 is 10.0 Å². The average molecular weight is 367 g/mol. The third kappa shape index (κ3) is 3.86. The number of nitrogen functional groups attached to an aromatic ring is 1. The summed E-state index contributed by atoms with van der Waals surface area (Å²) >= 11 is 0. The lowest BCUT2D eigenvalue weighted by Gasteiger charge is -2.12. The van der Waals surface area contributed by atoms with Crippen molar-refractivity contribution in [2.45, 2.75) is 6.54 Å². The van der Waals surface area contributed by atoms with Gasteiger partial charge in [-0.25, -0.2) is 4.68 Å². The molecule has 0 aliphatic heterocycles. The van der Waals surface area contributed by atoms with E-state index in [2.05, 4.69) is 5.10 Å². The molecule has 10 heteroatoms. The molecule has 0 unspecified atom stereocenters. The van der Waals surface area contributed by atoms with E-state index in [-0.39, 0.29) is 41.5 Å². The molecule has 3 N–H and O–H groups in total. The lowest BCUT2D eigenvalue weighted by atomic mass is 10.0. The Morgan fingerprint density at radius 2 is 2.19 bits per heavy atom. The number of benzene rings is 1. The number of nitro groups is 1. The molecule has 0 atom stereocenters. The molecular formula is C17H17N7O3. The molecule has 1 heterocycles. The van der Waals surface area contributed by atoms with Gasteiger partial charge in [-0.1, -0.05) is 6.07 Å². The van der Waals surface area contributed by atoms with Crippen LogP contribution in [0.1, 0.15) is 16.8 Å². The van der Waals surface area contributed by atoms with E-state index in [1.807, 2.05) is 12.1 Å².